The number of sulfone groups is 1. The summed E-state index contributed by atoms with van der Waals surface area (Å²) < 4.78 is 49.1. The summed E-state index contributed by atoms with van der Waals surface area (Å²) in [5.41, 5.74) is 0.329. The number of halogens is 2. The van der Waals surface area contributed by atoms with Crippen LogP contribution in [-0.4, -0.2) is 31.1 Å². The Kier molecular flexibility index (Phi) is 4.05. The summed E-state index contributed by atoms with van der Waals surface area (Å²) in [7, 11) is -3.01. The third-order valence-corrected chi connectivity index (χ3v) is 4.96. The molecule has 1 saturated heterocycles. The van der Waals surface area contributed by atoms with Crippen LogP contribution in [0.4, 0.5) is 8.78 Å². The van der Waals surface area contributed by atoms with Crippen LogP contribution >= 0.6 is 0 Å². The van der Waals surface area contributed by atoms with Gasteiger partial charge in [0.15, 0.2) is 27.2 Å². The Morgan fingerprint density at radius 3 is 2.53 bits per heavy atom. The third kappa shape index (κ3) is 3.63. The molecule has 1 aliphatic heterocycles. The van der Waals surface area contributed by atoms with E-state index in [9.17, 15) is 17.2 Å². The minimum atomic E-state index is -3.01. The molecule has 0 aromatic heterocycles. The van der Waals surface area contributed by atoms with Gasteiger partial charge in [-0.15, -0.1) is 0 Å². The zero-order valence-corrected chi connectivity index (χ0v) is 11.0. The second-order valence-corrected chi connectivity index (χ2v) is 6.97. The molecule has 1 fully saturated rings. The van der Waals surface area contributed by atoms with Crippen molar-refractivity contribution in [3.8, 4) is 5.75 Å². The van der Waals surface area contributed by atoms with Gasteiger partial charge in [-0.3, -0.25) is 0 Å². The molecule has 7 heteroatoms. The van der Waals surface area contributed by atoms with Crippen LogP contribution < -0.4 is 5.32 Å². The predicted molar refractivity (Wildman–Crippen MR) is 66.5 cm³/mol. The molecule has 1 aliphatic rings. The summed E-state index contributed by atoms with van der Waals surface area (Å²) in [4.78, 5) is 0. The molecule has 0 saturated carbocycles. The maximum atomic E-state index is 13.1. The van der Waals surface area contributed by atoms with Crippen LogP contribution in [0.1, 0.15) is 18.4 Å². The zero-order valence-electron chi connectivity index (χ0n) is 10.2. The first kappa shape index (κ1) is 14.2. The van der Waals surface area contributed by atoms with Crippen LogP contribution in [0.5, 0.6) is 5.75 Å². The lowest BCUT2D eigenvalue weighted by Gasteiger charge is -2.23. The monoisotopic (exact) mass is 291 g/mol. The first-order chi connectivity index (χ1) is 8.87. The molecule has 0 spiro atoms. The molecule has 1 atom stereocenters. The fourth-order valence-corrected chi connectivity index (χ4v) is 3.84. The number of aromatic hydroxyl groups is 1. The molecule has 19 heavy (non-hydrogen) atoms. The van der Waals surface area contributed by atoms with Crippen LogP contribution in [0, 0.1) is 11.6 Å². The summed E-state index contributed by atoms with van der Waals surface area (Å²) in [6.07, 6.45) is 1.32. The molecule has 0 aliphatic carbocycles. The van der Waals surface area contributed by atoms with E-state index in [1.807, 2.05) is 0 Å². The maximum Gasteiger partial charge on any atom is 0.187 e. The lowest BCUT2D eigenvalue weighted by Crippen LogP contribution is -2.39. The zero-order chi connectivity index (χ0) is 14.0. The molecule has 2 rings (SSSR count). The highest BCUT2D eigenvalue weighted by molar-refractivity contribution is 7.91. The molecule has 1 unspecified atom stereocenters. The van der Waals surface area contributed by atoms with Crippen LogP contribution in [0.3, 0.4) is 0 Å². The summed E-state index contributed by atoms with van der Waals surface area (Å²) in [5, 5.41) is 11.9. The average molecular weight is 291 g/mol. The van der Waals surface area contributed by atoms with E-state index in [-0.39, 0.29) is 24.1 Å². The van der Waals surface area contributed by atoms with Gasteiger partial charge in [0.2, 0.25) is 0 Å². The summed E-state index contributed by atoms with van der Waals surface area (Å²) in [5.74, 6) is -2.78. The molecule has 4 nitrogen and oxygen atoms in total. The average Bonchev–Trinajstić information content (AvgIpc) is 2.32. The van der Waals surface area contributed by atoms with E-state index in [1.54, 1.807) is 0 Å². The van der Waals surface area contributed by atoms with Crippen molar-refractivity contribution < 1.29 is 22.3 Å². The van der Waals surface area contributed by atoms with E-state index in [2.05, 4.69) is 5.32 Å². The van der Waals surface area contributed by atoms with Gasteiger partial charge in [-0.05, 0) is 30.5 Å². The fraction of sp³-hybridized carbons (Fsp3) is 0.500. The first-order valence-corrected chi connectivity index (χ1v) is 7.80. The molecular formula is C12H15F2NO3S. The van der Waals surface area contributed by atoms with E-state index in [0.717, 1.165) is 18.6 Å². The Hall–Kier alpha value is -1.21. The van der Waals surface area contributed by atoms with Crippen LogP contribution in [0.15, 0.2) is 12.1 Å². The van der Waals surface area contributed by atoms with Crippen molar-refractivity contribution in [2.45, 2.75) is 25.4 Å². The van der Waals surface area contributed by atoms with Gasteiger partial charge in [-0.2, -0.15) is 0 Å². The van der Waals surface area contributed by atoms with E-state index < -0.39 is 27.2 Å². The highest BCUT2D eigenvalue weighted by atomic mass is 32.2. The van der Waals surface area contributed by atoms with Gasteiger partial charge in [0, 0.05) is 12.6 Å². The fourth-order valence-electron chi connectivity index (χ4n) is 2.17. The number of benzene rings is 1. The SMILES string of the molecule is O=S1(=O)CCCC(NCc2cc(F)c(O)c(F)c2)C1. The molecule has 106 valence electrons. The number of phenolic OH excluding ortho intramolecular Hbond substituents is 1. The number of nitrogens with one attached hydrogen (secondary N) is 1. The summed E-state index contributed by atoms with van der Waals surface area (Å²) in [6, 6.07) is 1.87. The normalized spacial score (nSPS) is 22.3. The van der Waals surface area contributed by atoms with Crippen molar-refractivity contribution in [1.82, 2.24) is 5.32 Å². The van der Waals surface area contributed by atoms with Crippen LogP contribution in [-0.2, 0) is 16.4 Å². The standard InChI is InChI=1S/C12H15F2NO3S/c13-10-4-8(5-11(14)12(10)16)6-15-9-2-1-3-19(17,18)7-9/h4-5,9,15-16H,1-3,6-7H2. The van der Waals surface area contributed by atoms with E-state index in [0.29, 0.717) is 12.0 Å². The van der Waals surface area contributed by atoms with Crippen LogP contribution in [0.2, 0.25) is 0 Å². The molecule has 1 heterocycles. The summed E-state index contributed by atoms with van der Waals surface area (Å²) >= 11 is 0. The van der Waals surface area contributed by atoms with Crippen molar-refractivity contribution in [2.24, 2.45) is 0 Å². The molecule has 1 aromatic carbocycles. The quantitative estimate of drug-likeness (QED) is 0.882. The second-order valence-electron chi connectivity index (χ2n) is 4.74. The molecule has 0 amide bonds. The Bertz CT molecular complexity index is 551. The van der Waals surface area contributed by atoms with Crippen molar-refractivity contribution in [3.05, 3.63) is 29.3 Å². The van der Waals surface area contributed by atoms with Gasteiger partial charge in [0.25, 0.3) is 0 Å². The smallest absolute Gasteiger partial charge is 0.187 e. The molecule has 2 N–H and O–H groups in total. The van der Waals surface area contributed by atoms with E-state index in [4.69, 9.17) is 5.11 Å². The number of phenols is 1. The molecule has 0 radical (unpaired) electrons. The van der Waals surface area contributed by atoms with Gasteiger partial charge in [0.05, 0.1) is 11.5 Å². The number of hydrogen-bond acceptors (Lipinski definition) is 4. The summed E-state index contributed by atoms with van der Waals surface area (Å²) in [6.45, 7) is 0.161. The lowest BCUT2D eigenvalue weighted by molar-refractivity contribution is 0.394. The number of rotatable bonds is 3. The van der Waals surface area contributed by atoms with Gasteiger partial charge in [-0.25, -0.2) is 17.2 Å². The van der Waals surface area contributed by atoms with Gasteiger partial charge in [0.1, 0.15) is 0 Å². The Labute approximate surface area is 110 Å². The lowest BCUT2D eigenvalue weighted by atomic mass is 10.1. The van der Waals surface area contributed by atoms with Crippen molar-refractivity contribution in [3.63, 3.8) is 0 Å². The predicted octanol–water partition coefficient (Wildman–Crippen LogP) is 1.34. The first-order valence-electron chi connectivity index (χ1n) is 5.98. The van der Waals surface area contributed by atoms with Crippen LogP contribution in [0.25, 0.3) is 0 Å². The number of hydrogen-bond donors (Lipinski definition) is 2. The minimum Gasteiger partial charge on any atom is -0.503 e. The minimum absolute atomic E-state index is 0.0516. The largest absolute Gasteiger partial charge is 0.503 e. The van der Waals surface area contributed by atoms with Crippen molar-refractivity contribution in [2.75, 3.05) is 11.5 Å². The maximum absolute atomic E-state index is 13.1. The van der Waals surface area contributed by atoms with Gasteiger partial charge >= 0.3 is 0 Å². The van der Waals surface area contributed by atoms with Crippen molar-refractivity contribution in [1.29, 1.82) is 0 Å². The Morgan fingerprint density at radius 2 is 1.95 bits per heavy atom. The van der Waals surface area contributed by atoms with E-state index in [1.165, 1.54) is 0 Å². The molecular weight excluding hydrogens is 276 g/mol. The van der Waals surface area contributed by atoms with Crippen molar-refractivity contribution >= 4 is 9.84 Å². The second kappa shape index (κ2) is 5.42. The molecule has 0 bridgehead atoms. The topological polar surface area (TPSA) is 66.4 Å². The Morgan fingerprint density at radius 1 is 1.32 bits per heavy atom. The van der Waals surface area contributed by atoms with E-state index >= 15 is 0 Å². The molecule has 1 aromatic rings. The Balaban J connectivity index is 1.99. The highest BCUT2D eigenvalue weighted by Gasteiger charge is 2.24. The third-order valence-electron chi connectivity index (χ3n) is 3.13. The highest BCUT2D eigenvalue weighted by Crippen LogP contribution is 2.21. The van der Waals surface area contributed by atoms with Gasteiger partial charge in [-0.1, -0.05) is 0 Å². The van der Waals surface area contributed by atoms with Gasteiger partial charge < -0.3 is 10.4 Å².